The van der Waals surface area contributed by atoms with Crippen LogP contribution in [-0.2, 0) is 14.8 Å². The molecular formula is C13H21N3O4S. The fraction of sp³-hybridized carbons (Fsp3) is 0.462. The molecule has 0 unspecified atom stereocenters. The molecule has 0 saturated carbocycles. The fourth-order valence-electron chi connectivity index (χ4n) is 1.59. The summed E-state index contributed by atoms with van der Waals surface area (Å²) in [5, 5.41) is 2.65. The zero-order valence-electron chi connectivity index (χ0n) is 12.5. The van der Waals surface area contributed by atoms with E-state index in [1.807, 2.05) is 13.8 Å². The Morgan fingerprint density at radius 2 is 1.95 bits per heavy atom. The standard InChI is InChI=1S/C13H21N3O4S/c1-8(2)12(14)13(17)15-9-5-6-11(20-3)10(7-9)16-21(4,18)19/h5-8,12,16H,14H2,1-4H3,(H,15,17)/t12-/m0/s1. The van der Waals surface area contributed by atoms with Gasteiger partial charge in [0.1, 0.15) is 5.75 Å². The van der Waals surface area contributed by atoms with Crippen molar-refractivity contribution in [2.75, 3.05) is 23.4 Å². The highest BCUT2D eigenvalue weighted by atomic mass is 32.2. The molecule has 118 valence electrons. The molecule has 1 rings (SSSR count). The second kappa shape index (κ2) is 6.77. The lowest BCUT2D eigenvalue weighted by Gasteiger charge is -2.16. The van der Waals surface area contributed by atoms with Crippen LogP contribution >= 0.6 is 0 Å². The topological polar surface area (TPSA) is 111 Å². The number of ether oxygens (including phenoxy) is 1. The van der Waals surface area contributed by atoms with Crippen LogP contribution in [0.5, 0.6) is 5.75 Å². The van der Waals surface area contributed by atoms with Crippen LogP contribution in [0.15, 0.2) is 18.2 Å². The van der Waals surface area contributed by atoms with Gasteiger partial charge in [0, 0.05) is 5.69 Å². The Bertz CT molecular complexity index is 614. The molecule has 21 heavy (non-hydrogen) atoms. The van der Waals surface area contributed by atoms with Crippen LogP contribution in [-0.4, -0.2) is 33.7 Å². The van der Waals surface area contributed by atoms with Crippen LogP contribution < -0.4 is 20.5 Å². The number of carbonyl (C=O) groups is 1. The second-order valence-corrected chi connectivity index (χ2v) is 6.80. The Labute approximate surface area is 124 Å². The lowest BCUT2D eigenvalue weighted by atomic mass is 10.0. The molecule has 1 atom stereocenters. The van der Waals surface area contributed by atoms with Crippen LogP contribution in [0.1, 0.15) is 13.8 Å². The maximum absolute atomic E-state index is 11.9. The third-order valence-corrected chi connectivity index (χ3v) is 3.37. The lowest BCUT2D eigenvalue weighted by molar-refractivity contribution is -0.118. The van der Waals surface area contributed by atoms with Gasteiger partial charge in [-0.3, -0.25) is 9.52 Å². The maximum Gasteiger partial charge on any atom is 0.241 e. The molecule has 0 fully saturated rings. The van der Waals surface area contributed by atoms with E-state index in [4.69, 9.17) is 10.5 Å². The summed E-state index contributed by atoms with van der Waals surface area (Å²) in [4.78, 5) is 11.9. The minimum atomic E-state index is -3.45. The number of nitrogens with one attached hydrogen (secondary N) is 2. The normalized spacial score (nSPS) is 12.9. The number of methoxy groups -OCH3 is 1. The Morgan fingerprint density at radius 3 is 2.43 bits per heavy atom. The highest BCUT2D eigenvalue weighted by molar-refractivity contribution is 7.92. The molecule has 1 amide bonds. The van der Waals surface area contributed by atoms with Gasteiger partial charge in [-0.1, -0.05) is 13.8 Å². The molecule has 0 aliphatic heterocycles. The van der Waals surface area contributed by atoms with Gasteiger partial charge in [-0.2, -0.15) is 0 Å². The number of rotatable bonds is 6. The maximum atomic E-state index is 11.9. The quantitative estimate of drug-likeness (QED) is 0.725. The van der Waals surface area contributed by atoms with Crippen molar-refractivity contribution in [1.29, 1.82) is 0 Å². The van der Waals surface area contributed by atoms with E-state index in [1.54, 1.807) is 12.1 Å². The van der Waals surface area contributed by atoms with Gasteiger partial charge in [-0.25, -0.2) is 8.42 Å². The van der Waals surface area contributed by atoms with Crippen molar-refractivity contribution in [3.8, 4) is 5.75 Å². The van der Waals surface area contributed by atoms with E-state index in [0.29, 0.717) is 11.4 Å². The first-order chi connectivity index (χ1) is 9.64. The second-order valence-electron chi connectivity index (χ2n) is 5.05. The number of anilines is 2. The number of hydrogen-bond acceptors (Lipinski definition) is 5. The predicted molar refractivity (Wildman–Crippen MR) is 82.9 cm³/mol. The molecule has 0 aromatic heterocycles. The molecular weight excluding hydrogens is 294 g/mol. The third kappa shape index (κ3) is 5.24. The summed E-state index contributed by atoms with van der Waals surface area (Å²) in [6, 6.07) is 4.00. The van der Waals surface area contributed by atoms with Crippen molar-refractivity contribution < 1.29 is 17.9 Å². The summed E-state index contributed by atoms with van der Waals surface area (Å²) in [6.07, 6.45) is 1.03. The first-order valence-electron chi connectivity index (χ1n) is 6.36. The highest BCUT2D eigenvalue weighted by Gasteiger charge is 2.18. The van der Waals surface area contributed by atoms with Crippen molar-refractivity contribution in [1.82, 2.24) is 0 Å². The average Bonchev–Trinajstić information content (AvgIpc) is 2.36. The van der Waals surface area contributed by atoms with Crippen LogP contribution in [0.3, 0.4) is 0 Å². The molecule has 0 bridgehead atoms. The van der Waals surface area contributed by atoms with Crippen LogP contribution in [0.4, 0.5) is 11.4 Å². The van der Waals surface area contributed by atoms with Crippen molar-refractivity contribution >= 4 is 27.3 Å². The predicted octanol–water partition coefficient (Wildman–Crippen LogP) is 0.988. The monoisotopic (exact) mass is 315 g/mol. The van der Waals surface area contributed by atoms with Gasteiger partial charge in [0.2, 0.25) is 15.9 Å². The van der Waals surface area contributed by atoms with E-state index in [9.17, 15) is 13.2 Å². The first-order valence-corrected chi connectivity index (χ1v) is 8.25. The SMILES string of the molecule is COc1ccc(NC(=O)[C@@H](N)C(C)C)cc1NS(C)(=O)=O. The van der Waals surface area contributed by atoms with E-state index < -0.39 is 16.1 Å². The van der Waals surface area contributed by atoms with Gasteiger partial charge in [-0.05, 0) is 24.1 Å². The zero-order valence-corrected chi connectivity index (χ0v) is 13.3. The number of benzene rings is 1. The molecule has 1 aromatic carbocycles. The smallest absolute Gasteiger partial charge is 0.241 e. The van der Waals surface area contributed by atoms with E-state index in [1.165, 1.54) is 13.2 Å². The van der Waals surface area contributed by atoms with Gasteiger partial charge < -0.3 is 15.8 Å². The third-order valence-electron chi connectivity index (χ3n) is 2.78. The molecule has 4 N–H and O–H groups in total. The van der Waals surface area contributed by atoms with E-state index in [2.05, 4.69) is 10.0 Å². The van der Waals surface area contributed by atoms with Crippen LogP contribution in [0.25, 0.3) is 0 Å². The van der Waals surface area contributed by atoms with Crippen molar-refractivity contribution in [2.24, 2.45) is 11.7 Å². The molecule has 0 saturated heterocycles. The van der Waals surface area contributed by atoms with Gasteiger partial charge >= 0.3 is 0 Å². The minimum absolute atomic E-state index is 0.00290. The van der Waals surface area contributed by atoms with Crippen molar-refractivity contribution in [3.63, 3.8) is 0 Å². The minimum Gasteiger partial charge on any atom is -0.495 e. The number of hydrogen-bond donors (Lipinski definition) is 3. The summed E-state index contributed by atoms with van der Waals surface area (Å²) in [5.41, 5.74) is 6.44. The summed E-state index contributed by atoms with van der Waals surface area (Å²) in [5.74, 6) is 0.0175. The molecule has 1 aromatic rings. The molecule has 0 spiro atoms. The van der Waals surface area contributed by atoms with Crippen molar-refractivity contribution in [2.45, 2.75) is 19.9 Å². The van der Waals surface area contributed by atoms with Crippen LogP contribution in [0, 0.1) is 5.92 Å². The Morgan fingerprint density at radius 1 is 1.33 bits per heavy atom. The lowest BCUT2D eigenvalue weighted by Crippen LogP contribution is -2.39. The molecule has 0 radical (unpaired) electrons. The van der Waals surface area contributed by atoms with Crippen molar-refractivity contribution in [3.05, 3.63) is 18.2 Å². The number of amides is 1. The van der Waals surface area contributed by atoms with E-state index in [0.717, 1.165) is 6.26 Å². The molecule has 7 nitrogen and oxygen atoms in total. The largest absolute Gasteiger partial charge is 0.495 e. The molecule has 0 aliphatic carbocycles. The number of carbonyl (C=O) groups excluding carboxylic acids is 1. The summed E-state index contributed by atoms with van der Waals surface area (Å²) >= 11 is 0. The summed E-state index contributed by atoms with van der Waals surface area (Å²) < 4.78 is 30.1. The van der Waals surface area contributed by atoms with E-state index in [-0.39, 0.29) is 17.5 Å². The van der Waals surface area contributed by atoms with Gasteiger partial charge in [0.25, 0.3) is 0 Å². The fourth-order valence-corrected chi connectivity index (χ4v) is 2.15. The van der Waals surface area contributed by atoms with E-state index >= 15 is 0 Å². The number of nitrogens with two attached hydrogens (primary N) is 1. The first kappa shape index (κ1) is 17.3. The van der Waals surface area contributed by atoms with Gasteiger partial charge in [0.15, 0.2) is 0 Å². The number of sulfonamides is 1. The average molecular weight is 315 g/mol. The summed E-state index contributed by atoms with van der Waals surface area (Å²) in [6.45, 7) is 3.68. The summed E-state index contributed by atoms with van der Waals surface area (Å²) in [7, 11) is -2.03. The molecule has 0 aliphatic rings. The Balaban J connectivity index is 3.00. The Kier molecular flexibility index (Phi) is 5.56. The van der Waals surface area contributed by atoms with Gasteiger partial charge in [-0.15, -0.1) is 0 Å². The van der Waals surface area contributed by atoms with Crippen LogP contribution in [0.2, 0.25) is 0 Å². The van der Waals surface area contributed by atoms with Gasteiger partial charge in [0.05, 0.1) is 25.1 Å². The Hall–Kier alpha value is -1.80. The molecule has 8 heteroatoms. The molecule has 0 heterocycles. The zero-order chi connectivity index (χ0) is 16.2. The highest BCUT2D eigenvalue weighted by Crippen LogP contribution is 2.28.